The van der Waals surface area contributed by atoms with E-state index in [4.69, 9.17) is 0 Å². The largest absolute Gasteiger partial charge is 0.364 e. The van der Waals surface area contributed by atoms with Gasteiger partial charge in [0.25, 0.3) is 0 Å². The van der Waals surface area contributed by atoms with E-state index >= 15 is 0 Å². The van der Waals surface area contributed by atoms with Gasteiger partial charge >= 0.3 is 0 Å². The molecule has 20 heavy (non-hydrogen) atoms. The highest BCUT2D eigenvalue weighted by atomic mass is 32.2. The van der Waals surface area contributed by atoms with E-state index in [-0.39, 0.29) is 11.8 Å². The van der Waals surface area contributed by atoms with Crippen LogP contribution in [0.15, 0.2) is 46.0 Å². The first-order valence-electron chi connectivity index (χ1n) is 6.03. The molecule has 5 nitrogen and oxygen atoms in total. The summed E-state index contributed by atoms with van der Waals surface area (Å²) in [6, 6.07) is 9.05. The molecule has 0 spiro atoms. The van der Waals surface area contributed by atoms with Crippen LogP contribution in [0.5, 0.6) is 0 Å². The van der Waals surface area contributed by atoms with Crippen molar-refractivity contribution >= 4 is 21.8 Å². The van der Waals surface area contributed by atoms with Gasteiger partial charge in [-0.05, 0) is 30.9 Å². The number of nitrogens with one attached hydrogen (secondary N) is 1. The van der Waals surface area contributed by atoms with Crippen molar-refractivity contribution in [1.29, 1.82) is 0 Å². The molecule has 0 bridgehead atoms. The van der Waals surface area contributed by atoms with Crippen LogP contribution in [0.1, 0.15) is 24.2 Å². The molecule has 0 amide bonds. The second-order valence-corrected chi connectivity index (χ2v) is 7.00. The summed E-state index contributed by atoms with van der Waals surface area (Å²) in [6.07, 6.45) is 3.36. The number of nitrogens with zero attached hydrogens (tertiary/aromatic N) is 1. The van der Waals surface area contributed by atoms with Crippen molar-refractivity contribution in [3.05, 3.63) is 47.9 Å². The van der Waals surface area contributed by atoms with Gasteiger partial charge in [0.05, 0.1) is 5.69 Å². The summed E-state index contributed by atoms with van der Waals surface area (Å²) in [6.45, 7) is 1.81. The van der Waals surface area contributed by atoms with Crippen LogP contribution in [0.25, 0.3) is 0 Å². The van der Waals surface area contributed by atoms with Crippen LogP contribution in [0.3, 0.4) is 0 Å². The summed E-state index contributed by atoms with van der Waals surface area (Å²) in [5.41, 5.74) is 1.31. The minimum absolute atomic E-state index is 0.184. The summed E-state index contributed by atoms with van der Waals surface area (Å²) in [4.78, 5) is 1.14. The van der Waals surface area contributed by atoms with Crippen LogP contribution in [-0.2, 0) is 15.8 Å². The molecule has 108 valence electrons. The van der Waals surface area contributed by atoms with Crippen molar-refractivity contribution in [1.82, 2.24) is 9.88 Å². The molecule has 1 N–H and O–H groups in total. The van der Waals surface area contributed by atoms with Gasteiger partial charge in [-0.2, -0.15) is 0 Å². The maximum atomic E-state index is 12.0. The van der Waals surface area contributed by atoms with Crippen LogP contribution in [0, 0.1) is 0 Å². The summed E-state index contributed by atoms with van der Waals surface area (Å²) in [5.74, 6) is -0.184. The molecule has 0 saturated carbocycles. The SMILES string of the molecule is CSc1ccc(C(C)NS(=O)(=O)Cc2ccon2)cc1. The number of sulfonamides is 1. The zero-order valence-corrected chi connectivity index (χ0v) is 12.9. The average molecular weight is 312 g/mol. The molecule has 1 aromatic heterocycles. The summed E-state index contributed by atoms with van der Waals surface area (Å²) in [7, 11) is -3.45. The zero-order chi connectivity index (χ0) is 14.6. The predicted molar refractivity (Wildman–Crippen MR) is 78.9 cm³/mol. The quantitative estimate of drug-likeness (QED) is 0.830. The number of thioether (sulfide) groups is 1. The number of hydrogen-bond donors (Lipinski definition) is 1. The summed E-state index contributed by atoms with van der Waals surface area (Å²) >= 11 is 1.65. The van der Waals surface area contributed by atoms with Crippen molar-refractivity contribution in [3.8, 4) is 0 Å². The van der Waals surface area contributed by atoms with Gasteiger partial charge in [-0.1, -0.05) is 17.3 Å². The van der Waals surface area contributed by atoms with E-state index in [1.807, 2.05) is 37.4 Å². The van der Waals surface area contributed by atoms with Crippen LogP contribution in [0.4, 0.5) is 0 Å². The van der Waals surface area contributed by atoms with Crippen LogP contribution < -0.4 is 4.72 Å². The average Bonchev–Trinajstić information content (AvgIpc) is 2.90. The molecule has 0 saturated heterocycles. The monoisotopic (exact) mass is 312 g/mol. The predicted octanol–water partition coefficient (Wildman–Crippen LogP) is 2.58. The first kappa shape index (κ1) is 15.1. The van der Waals surface area contributed by atoms with E-state index in [2.05, 4.69) is 14.4 Å². The third-order valence-corrected chi connectivity index (χ3v) is 4.93. The summed E-state index contributed by atoms with van der Waals surface area (Å²) in [5, 5.41) is 3.61. The Balaban J connectivity index is 2.04. The molecule has 1 atom stereocenters. The van der Waals surface area contributed by atoms with Crippen molar-refractivity contribution in [3.63, 3.8) is 0 Å². The molecule has 1 unspecified atom stereocenters. The highest BCUT2D eigenvalue weighted by Gasteiger charge is 2.17. The maximum Gasteiger partial charge on any atom is 0.218 e. The maximum absolute atomic E-state index is 12.0. The van der Waals surface area contributed by atoms with Crippen LogP contribution in [0.2, 0.25) is 0 Å². The van der Waals surface area contributed by atoms with Gasteiger partial charge in [0.15, 0.2) is 0 Å². The van der Waals surface area contributed by atoms with Crippen LogP contribution in [-0.4, -0.2) is 19.8 Å². The number of aromatic nitrogens is 1. The molecule has 1 aromatic carbocycles. The van der Waals surface area contributed by atoms with Gasteiger partial charge in [0.2, 0.25) is 10.0 Å². The summed E-state index contributed by atoms with van der Waals surface area (Å²) < 4.78 is 31.3. The minimum atomic E-state index is -3.45. The molecule has 1 heterocycles. The molecule has 0 radical (unpaired) electrons. The number of benzene rings is 1. The first-order chi connectivity index (χ1) is 9.50. The Kier molecular flexibility index (Phi) is 4.85. The van der Waals surface area contributed by atoms with Gasteiger partial charge in [0.1, 0.15) is 12.0 Å². The minimum Gasteiger partial charge on any atom is -0.364 e. The van der Waals surface area contributed by atoms with E-state index in [1.165, 1.54) is 12.3 Å². The Hall–Kier alpha value is -1.31. The second-order valence-electron chi connectivity index (χ2n) is 4.36. The van der Waals surface area contributed by atoms with Crippen LogP contribution >= 0.6 is 11.8 Å². The van der Waals surface area contributed by atoms with Crippen molar-refractivity contribution < 1.29 is 12.9 Å². The molecule has 0 aliphatic rings. The van der Waals surface area contributed by atoms with E-state index in [0.29, 0.717) is 5.69 Å². The highest BCUT2D eigenvalue weighted by Crippen LogP contribution is 2.19. The highest BCUT2D eigenvalue weighted by molar-refractivity contribution is 7.98. The Morgan fingerprint density at radius 2 is 2.00 bits per heavy atom. The van der Waals surface area contributed by atoms with E-state index in [9.17, 15) is 8.42 Å². The topological polar surface area (TPSA) is 72.2 Å². The molecule has 2 aromatic rings. The lowest BCUT2D eigenvalue weighted by Gasteiger charge is -2.14. The van der Waals surface area contributed by atoms with Gasteiger partial charge in [-0.3, -0.25) is 0 Å². The second kappa shape index (κ2) is 6.43. The van der Waals surface area contributed by atoms with Gasteiger partial charge < -0.3 is 4.52 Å². The van der Waals surface area contributed by atoms with E-state index in [0.717, 1.165) is 10.5 Å². The first-order valence-corrected chi connectivity index (χ1v) is 8.91. The molecule has 0 aliphatic heterocycles. The third-order valence-electron chi connectivity index (χ3n) is 2.80. The van der Waals surface area contributed by atoms with Crippen molar-refractivity contribution in [2.24, 2.45) is 0 Å². The fourth-order valence-electron chi connectivity index (χ4n) is 1.78. The normalized spacial score (nSPS) is 13.3. The Morgan fingerprint density at radius 1 is 1.30 bits per heavy atom. The Morgan fingerprint density at radius 3 is 2.55 bits per heavy atom. The molecular weight excluding hydrogens is 296 g/mol. The lowest BCUT2D eigenvalue weighted by Crippen LogP contribution is -2.28. The van der Waals surface area contributed by atoms with Crippen molar-refractivity contribution in [2.45, 2.75) is 23.6 Å². The lowest BCUT2D eigenvalue weighted by atomic mass is 10.1. The van der Waals surface area contributed by atoms with Crippen molar-refractivity contribution in [2.75, 3.05) is 6.26 Å². The number of rotatable bonds is 6. The Labute approximate surface area is 122 Å². The molecule has 0 fully saturated rings. The molecule has 0 aliphatic carbocycles. The van der Waals surface area contributed by atoms with E-state index < -0.39 is 10.0 Å². The fraction of sp³-hybridized carbons (Fsp3) is 0.308. The van der Waals surface area contributed by atoms with Gasteiger partial charge in [-0.25, -0.2) is 13.1 Å². The molecule has 2 rings (SSSR count). The third kappa shape index (κ3) is 4.09. The lowest BCUT2D eigenvalue weighted by molar-refractivity contribution is 0.413. The van der Waals surface area contributed by atoms with Gasteiger partial charge in [0, 0.05) is 17.0 Å². The van der Waals surface area contributed by atoms with Gasteiger partial charge in [-0.15, -0.1) is 11.8 Å². The number of hydrogen-bond acceptors (Lipinski definition) is 5. The standard InChI is InChI=1S/C13H16N2O3S2/c1-10(11-3-5-13(19-2)6-4-11)15-20(16,17)9-12-7-8-18-14-12/h3-8,10,15H,9H2,1-2H3. The molecular formula is C13H16N2O3S2. The smallest absolute Gasteiger partial charge is 0.218 e. The zero-order valence-electron chi connectivity index (χ0n) is 11.2. The Bertz CT molecular complexity index is 637. The molecule has 7 heteroatoms. The fourth-order valence-corrected chi connectivity index (χ4v) is 3.48. The van der Waals surface area contributed by atoms with E-state index in [1.54, 1.807) is 11.8 Å².